The summed E-state index contributed by atoms with van der Waals surface area (Å²) in [6, 6.07) is 5.58. The van der Waals surface area contributed by atoms with Crippen molar-refractivity contribution in [1.82, 2.24) is 35.5 Å². The topological polar surface area (TPSA) is 139 Å². The summed E-state index contributed by atoms with van der Waals surface area (Å²) in [5.41, 5.74) is 8.64. The number of nitrogens with two attached hydrogens (primary N) is 1. The first kappa shape index (κ1) is 21.5. The van der Waals surface area contributed by atoms with Gasteiger partial charge in [-0.25, -0.2) is 14.3 Å². The Hall–Kier alpha value is -3.69. The van der Waals surface area contributed by atoms with E-state index in [1.54, 1.807) is 23.0 Å². The fraction of sp³-hybridized carbons (Fsp3) is 0.409. The second kappa shape index (κ2) is 9.21. The molecule has 10 nitrogen and oxygen atoms in total. The molecule has 0 aromatic carbocycles. The highest BCUT2D eigenvalue weighted by atomic mass is 16.2. The lowest BCUT2D eigenvalue weighted by molar-refractivity contribution is 0.0926. The lowest BCUT2D eigenvalue weighted by Crippen LogP contribution is -2.48. The minimum Gasteiger partial charge on any atom is -0.382 e. The number of urea groups is 1. The normalized spacial score (nSPS) is 18.5. The summed E-state index contributed by atoms with van der Waals surface area (Å²) < 4.78 is 1.64. The molecule has 0 aliphatic heterocycles. The molecule has 1 saturated carbocycles. The summed E-state index contributed by atoms with van der Waals surface area (Å²) in [6.07, 6.45) is 7.93. The van der Waals surface area contributed by atoms with Crippen LogP contribution in [0.3, 0.4) is 0 Å². The number of aromatic nitrogens is 4. The van der Waals surface area contributed by atoms with Crippen LogP contribution in [0.15, 0.2) is 36.9 Å². The SMILES string of the molecule is CC(C)NC(=O)N[C@H]1CC[C@H](NC(=O)c2cc(-c3ccncc3)n3ncnc(N)c23)CC1. The Morgan fingerprint density at radius 2 is 1.75 bits per heavy atom. The first-order chi connectivity index (χ1) is 15.4. The third-order valence-corrected chi connectivity index (χ3v) is 5.62. The van der Waals surface area contributed by atoms with Crippen LogP contribution in [0, 0.1) is 0 Å². The second-order valence-corrected chi connectivity index (χ2v) is 8.38. The Kier molecular flexibility index (Phi) is 6.20. The van der Waals surface area contributed by atoms with E-state index >= 15 is 0 Å². The minimum absolute atomic E-state index is 0.0268. The molecule has 0 radical (unpaired) electrons. The van der Waals surface area contributed by atoms with Gasteiger partial charge < -0.3 is 21.7 Å². The molecule has 4 rings (SSSR count). The fourth-order valence-corrected chi connectivity index (χ4v) is 4.10. The van der Waals surface area contributed by atoms with E-state index in [-0.39, 0.29) is 35.9 Å². The molecule has 1 fully saturated rings. The van der Waals surface area contributed by atoms with Gasteiger partial charge in [0.15, 0.2) is 5.82 Å². The molecule has 5 N–H and O–H groups in total. The van der Waals surface area contributed by atoms with E-state index in [2.05, 4.69) is 31.0 Å². The van der Waals surface area contributed by atoms with Gasteiger partial charge in [0, 0.05) is 36.1 Å². The molecular formula is C22H28N8O2. The molecule has 3 heterocycles. The lowest BCUT2D eigenvalue weighted by atomic mass is 9.91. The summed E-state index contributed by atoms with van der Waals surface area (Å²) in [4.78, 5) is 33.2. The van der Waals surface area contributed by atoms with Gasteiger partial charge in [0.2, 0.25) is 0 Å². The van der Waals surface area contributed by atoms with Gasteiger partial charge in [-0.3, -0.25) is 9.78 Å². The number of nitrogens with zero attached hydrogens (tertiary/aromatic N) is 4. The predicted molar refractivity (Wildman–Crippen MR) is 121 cm³/mol. The Morgan fingerprint density at radius 1 is 1.09 bits per heavy atom. The van der Waals surface area contributed by atoms with Crippen molar-refractivity contribution in [3.05, 3.63) is 42.5 Å². The van der Waals surface area contributed by atoms with Gasteiger partial charge in [0.05, 0.1) is 11.3 Å². The van der Waals surface area contributed by atoms with Crippen molar-refractivity contribution >= 4 is 23.3 Å². The van der Waals surface area contributed by atoms with Crippen molar-refractivity contribution in [2.75, 3.05) is 5.73 Å². The number of nitrogen functional groups attached to an aromatic ring is 1. The van der Waals surface area contributed by atoms with Crippen molar-refractivity contribution in [3.63, 3.8) is 0 Å². The molecule has 0 atom stereocenters. The molecule has 168 valence electrons. The van der Waals surface area contributed by atoms with Gasteiger partial charge in [-0.15, -0.1) is 0 Å². The molecule has 3 amide bonds. The maximum absolute atomic E-state index is 13.2. The summed E-state index contributed by atoms with van der Waals surface area (Å²) in [6.45, 7) is 3.85. The van der Waals surface area contributed by atoms with Gasteiger partial charge in [-0.05, 0) is 57.7 Å². The zero-order valence-corrected chi connectivity index (χ0v) is 18.2. The third-order valence-electron chi connectivity index (χ3n) is 5.62. The van der Waals surface area contributed by atoms with Crippen LogP contribution >= 0.6 is 0 Å². The maximum Gasteiger partial charge on any atom is 0.315 e. The van der Waals surface area contributed by atoms with E-state index < -0.39 is 0 Å². The molecule has 0 saturated heterocycles. The first-order valence-corrected chi connectivity index (χ1v) is 10.8. The number of anilines is 1. The summed E-state index contributed by atoms with van der Waals surface area (Å²) in [7, 11) is 0. The molecular weight excluding hydrogens is 408 g/mol. The van der Waals surface area contributed by atoms with E-state index in [1.165, 1.54) is 6.33 Å². The first-order valence-electron chi connectivity index (χ1n) is 10.8. The highest BCUT2D eigenvalue weighted by molar-refractivity contribution is 6.05. The van der Waals surface area contributed by atoms with E-state index in [4.69, 9.17) is 5.73 Å². The average molecular weight is 437 g/mol. The number of hydrogen-bond acceptors (Lipinski definition) is 6. The van der Waals surface area contributed by atoms with Crippen LogP contribution in [-0.4, -0.2) is 49.6 Å². The second-order valence-electron chi connectivity index (χ2n) is 8.38. The zero-order chi connectivity index (χ0) is 22.7. The molecule has 0 bridgehead atoms. The number of rotatable bonds is 5. The molecule has 1 aliphatic rings. The molecule has 32 heavy (non-hydrogen) atoms. The van der Waals surface area contributed by atoms with E-state index in [0.717, 1.165) is 36.9 Å². The smallest absolute Gasteiger partial charge is 0.315 e. The van der Waals surface area contributed by atoms with Crippen LogP contribution in [0.25, 0.3) is 16.8 Å². The van der Waals surface area contributed by atoms with Gasteiger partial charge >= 0.3 is 6.03 Å². The van der Waals surface area contributed by atoms with E-state index in [0.29, 0.717) is 11.1 Å². The highest BCUT2D eigenvalue weighted by Crippen LogP contribution is 2.28. The number of carbonyl (C=O) groups is 2. The predicted octanol–water partition coefficient (Wildman–Crippen LogP) is 2.12. The summed E-state index contributed by atoms with van der Waals surface area (Å²) in [5.74, 6) is 0.0350. The van der Waals surface area contributed by atoms with Gasteiger partial charge in [0.1, 0.15) is 11.8 Å². The molecule has 3 aromatic heterocycles. The Bertz CT molecular complexity index is 1100. The standard InChI is InChI=1S/C22H28N8O2/c1-13(2)27-22(32)29-16-5-3-15(4-6-16)28-21(31)17-11-18(14-7-9-24-10-8-14)30-19(17)20(23)25-12-26-30/h7-13,15-16H,3-6H2,1-2H3,(H,28,31)(H2,23,25,26)(H2,27,29,32)/t15-,16-. The van der Waals surface area contributed by atoms with Gasteiger partial charge in [-0.2, -0.15) is 5.10 Å². The Balaban J connectivity index is 1.47. The fourth-order valence-electron chi connectivity index (χ4n) is 4.10. The number of nitrogens with one attached hydrogen (secondary N) is 3. The number of fused-ring (bicyclic) bond motifs is 1. The van der Waals surface area contributed by atoms with Gasteiger partial charge in [0.25, 0.3) is 5.91 Å². The van der Waals surface area contributed by atoms with Crippen LogP contribution < -0.4 is 21.7 Å². The van der Waals surface area contributed by atoms with Crippen LogP contribution in [0.4, 0.5) is 10.6 Å². The molecule has 10 heteroatoms. The van der Waals surface area contributed by atoms with E-state index in [9.17, 15) is 9.59 Å². The summed E-state index contributed by atoms with van der Waals surface area (Å²) in [5, 5.41) is 13.3. The highest BCUT2D eigenvalue weighted by Gasteiger charge is 2.26. The number of hydrogen-bond donors (Lipinski definition) is 4. The molecule has 1 aliphatic carbocycles. The van der Waals surface area contributed by atoms with Crippen LogP contribution in [-0.2, 0) is 0 Å². The third kappa shape index (κ3) is 4.63. The maximum atomic E-state index is 13.2. The monoisotopic (exact) mass is 436 g/mol. The largest absolute Gasteiger partial charge is 0.382 e. The minimum atomic E-state index is -0.210. The average Bonchev–Trinajstić information content (AvgIpc) is 3.16. The Morgan fingerprint density at radius 3 is 2.41 bits per heavy atom. The molecule has 0 unspecified atom stereocenters. The lowest BCUT2D eigenvalue weighted by Gasteiger charge is -2.29. The molecule has 3 aromatic rings. The van der Waals surface area contributed by atoms with Gasteiger partial charge in [-0.1, -0.05) is 0 Å². The molecule has 0 spiro atoms. The van der Waals surface area contributed by atoms with Crippen molar-refractivity contribution in [2.24, 2.45) is 0 Å². The zero-order valence-electron chi connectivity index (χ0n) is 18.2. The van der Waals surface area contributed by atoms with Crippen LogP contribution in [0.2, 0.25) is 0 Å². The van der Waals surface area contributed by atoms with Crippen molar-refractivity contribution < 1.29 is 9.59 Å². The van der Waals surface area contributed by atoms with Crippen LogP contribution in [0.5, 0.6) is 0 Å². The van der Waals surface area contributed by atoms with E-state index in [1.807, 2.05) is 26.0 Å². The van der Waals surface area contributed by atoms with Crippen molar-refractivity contribution in [1.29, 1.82) is 0 Å². The Labute approximate surface area is 186 Å². The quantitative estimate of drug-likeness (QED) is 0.483. The van der Waals surface area contributed by atoms with Crippen molar-refractivity contribution in [2.45, 2.75) is 57.7 Å². The number of pyridine rings is 1. The number of carbonyl (C=O) groups excluding carboxylic acids is 2. The summed E-state index contributed by atoms with van der Waals surface area (Å²) >= 11 is 0. The number of amides is 3. The van der Waals surface area contributed by atoms with Crippen LogP contribution in [0.1, 0.15) is 49.9 Å². The van der Waals surface area contributed by atoms with Crippen molar-refractivity contribution in [3.8, 4) is 11.3 Å².